The number of methoxy groups -OCH3 is 1. The topological polar surface area (TPSA) is 51.9 Å². The maximum absolute atomic E-state index is 13.6. The number of carbonyl (C=O) groups is 1. The molecule has 0 unspecified atom stereocenters. The van der Waals surface area contributed by atoms with Crippen LogP contribution in [0.4, 0.5) is 12.9 Å². The molecule has 0 atom stereocenters. The highest BCUT2D eigenvalue weighted by atomic mass is 19.4. The van der Waals surface area contributed by atoms with Crippen molar-refractivity contribution < 1.29 is 31.6 Å². The van der Waals surface area contributed by atoms with Crippen molar-refractivity contribution in [3.63, 3.8) is 0 Å². The fourth-order valence-corrected chi connectivity index (χ4v) is 2.85. The molecular formula is C15H16BF3NO4-. The highest BCUT2D eigenvalue weighted by molar-refractivity contribution is 6.76. The van der Waals surface area contributed by atoms with Crippen molar-refractivity contribution in [3.8, 4) is 0 Å². The minimum absolute atomic E-state index is 0.0577. The Morgan fingerprint density at radius 1 is 1.29 bits per heavy atom. The van der Waals surface area contributed by atoms with E-state index in [0.29, 0.717) is 26.3 Å². The fraction of sp³-hybridized carbons (Fsp3) is 0.400. The van der Waals surface area contributed by atoms with Crippen molar-refractivity contribution in [3.05, 3.63) is 29.5 Å². The summed E-state index contributed by atoms with van der Waals surface area (Å²) in [6.07, 6.45) is 0. The van der Waals surface area contributed by atoms with Crippen LogP contribution in [0.5, 0.6) is 0 Å². The Bertz CT molecular complexity index is 753. The lowest BCUT2D eigenvalue weighted by Crippen LogP contribution is -2.40. The minimum atomic E-state index is -5.29. The van der Waals surface area contributed by atoms with Crippen molar-refractivity contribution >= 4 is 29.4 Å². The monoisotopic (exact) mass is 342 g/mol. The van der Waals surface area contributed by atoms with Gasteiger partial charge >= 0.3 is 12.9 Å². The van der Waals surface area contributed by atoms with Gasteiger partial charge in [0, 0.05) is 13.1 Å². The summed E-state index contributed by atoms with van der Waals surface area (Å²) in [7, 11) is 1.18. The highest BCUT2D eigenvalue weighted by Gasteiger charge is 2.34. The number of carbonyl (C=O) groups excluding carboxylic acids is 1. The third kappa shape index (κ3) is 3.27. The zero-order chi connectivity index (χ0) is 17.3. The van der Waals surface area contributed by atoms with E-state index in [0.717, 1.165) is 0 Å². The summed E-state index contributed by atoms with van der Waals surface area (Å²) in [5.41, 5.74) is -0.604. The number of halogens is 3. The Hall–Kier alpha value is -2.00. The Morgan fingerprint density at radius 2 is 2.00 bits per heavy atom. The van der Waals surface area contributed by atoms with Gasteiger partial charge in [0.25, 0.3) is 0 Å². The Labute approximate surface area is 136 Å². The van der Waals surface area contributed by atoms with Gasteiger partial charge in [-0.05, 0) is 23.6 Å². The average Bonchev–Trinajstić information content (AvgIpc) is 2.92. The molecule has 1 aliphatic rings. The molecule has 0 amide bonds. The largest absolute Gasteiger partial charge is 0.513 e. The van der Waals surface area contributed by atoms with Gasteiger partial charge in [0.15, 0.2) is 0 Å². The standard InChI is InChI=1S/C15H16BF3NO4/c1-22-15(21)10-2-3-12-11(8-10)14(16(17,18)19)13(24-12)9-20-4-6-23-7-5-20/h2-3,8H,4-7,9H2,1H3/q-1. The van der Waals surface area contributed by atoms with Crippen LogP contribution < -0.4 is 5.46 Å². The second-order valence-corrected chi connectivity index (χ2v) is 5.60. The van der Waals surface area contributed by atoms with E-state index >= 15 is 0 Å². The number of rotatable bonds is 4. The van der Waals surface area contributed by atoms with E-state index in [1.165, 1.54) is 25.3 Å². The van der Waals surface area contributed by atoms with Crippen molar-refractivity contribution in [2.24, 2.45) is 0 Å². The number of hydrogen-bond donors (Lipinski definition) is 0. The Balaban J connectivity index is 2.05. The smallest absolute Gasteiger partial charge is 0.465 e. The predicted octanol–water partition coefficient (Wildman–Crippen LogP) is 2.11. The number of benzene rings is 1. The van der Waals surface area contributed by atoms with Crippen molar-refractivity contribution in [1.29, 1.82) is 0 Å². The summed E-state index contributed by atoms with van der Waals surface area (Å²) >= 11 is 0. The lowest BCUT2D eigenvalue weighted by atomic mass is 9.77. The number of nitrogens with zero attached hydrogens (tertiary/aromatic N) is 1. The summed E-state index contributed by atoms with van der Waals surface area (Å²) in [5.74, 6) is -0.810. The third-order valence-corrected chi connectivity index (χ3v) is 4.02. The van der Waals surface area contributed by atoms with Crippen molar-refractivity contribution in [2.75, 3.05) is 33.4 Å². The van der Waals surface area contributed by atoms with E-state index < -0.39 is 18.4 Å². The molecule has 24 heavy (non-hydrogen) atoms. The van der Waals surface area contributed by atoms with Gasteiger partial charge in [-0.1, -0.05) is 5.46 Å². The number of fused-ring (bicyclic) bond motifs is 1. The van der Waals surface area contributed by atoms with E-state index in [-0.39, 0.29) is 28.8 Å². The van der Waals surface area contributed by atoms with Crippen LogP contribution in [0.15, 0.2) is 22.6 Å². The van der Waals surface area contributed by atoms with Crippen LogP contribution in [0, 0.1) is 0 Å². The number of esters is 1. The molecule has 0 aliphatic carbocycles. The van der Waals surface area contributed by atoms with Crippen LogP contribution in [0.2, 0.25) is 0 Å². The van der Waals surface area contributed by atoms with Gasteiger partial charge in [-0.2, -0.15) is 0 Å². The second kappa shape index (κ2) is 6.48. The van der Waals surface area contributed by atoms with E-state index in [1.807, 2.05) is 4.90 Å². The van der Waals surface area contributed by atoms with Crippen LogP contribution in [0.1, 0.15) is 16.1 Å². The van der Waals surface area contributed by atoms with Crippen LogP contribution in [-0.4, -0.2) is 51.3 Å². The normalized spacial score (nSPS) is 16.5. The lowest BCUT2D eigenvalue weighted by molar-refractivity contribution is 0.0317. The Morgan fingerprint density at radius 3 is 2.62 bits per heavy atom. The fourth-order valence-electron chi connectivity index (χ4n) is 2.85. The zero-order valence-corrected chi connectivity index (χ0v) is 13.1. The number of morpholine rings is 1. The van der Waals surface area contributed by atoms with E-state index in [1.54, 1.807) is 0 Å². The van der Waals surface area contributed by atoms with Gasteiger partial charge in [0.2, 0.25) is 0 Å². The maximum atomic E-state index is 13.6. The average molecular weight is 342 g/mol. The first-order chi connectivity index (χ1) is 11.4. The molecule has 3 rings (SSSR count). The molecule has 1 saturated heterocycles. The van der Waals surface area contributed by atoms with E-state index in [2.05, 4.69) is 4.74 Å². The van der Waals surface area contributed by atoms with Crippen LogP contribution >= 0.6 is 0 Å². The molecule has 130 valence electrons. The highest BCUT2D eigenvalue weighted by Crippen LogP contribution is 2.26. The Kier molecular flexibility index (Phi) is 4.55. The summed E-state index contributed by atoms with van der Waals surface area (Å²) in [5, 5.41) is -0.103. The molecule has 1 aromatic heterocycles. The molecule has 2 aromatic rings. The van der Waals surface area contributed by atoms with Gasteiger partial charge in [0.05, 0.1) is 38.2 Å². The predicted molar refractivity (Wildman–Crippen MR) is 82.4 cm³/mol. The van der Waals surface area contributed by atoms with Gasteiger partial charge in [-0.25, -0.2) is 4.79 Å². The molecule has 0 N–H and O–H groups in total. The molecule has 0 saturated carbocycles. The number of furan rings is 1. The summed E-state index contributed by atoms with van der Waals surface area (Å²) < 4.78 is 56.1. The SMILES string of the molecule is COC(=O)c1ccc2oc(CN3CCOCC3)c([B-](F)(F)F)c2c1. The second-order valence-electron chi connectivity index (χ2n) is 5.60. The summed E-state index contributed by atoms with van der Waals surface area (Å²) in [4.78, 5) is 13.4. The lowest BCUT2D eigenvalue weighted by Gasteiger charge is -2.27. The molecule has 1 fully saturated rings. The molecular weight excluding hydrogens is 326 g/mol. The zero-order valence-electron chi connectivity index (χ0n) is 13.1. The molecule has 2 heterocycles. The summed E-state index contributed by atoms with van der Waals surface area (Å²) in [6.45, 7) is -3.16. The third-order valence-electron chi connectivity index (χ3n) is 4.02. The van der Waals surface area contributed by atoms with Crippen LogP contribution in [0.3, 0.4) is 0 Å². The molecule has 1 aliphatic heterocycles. The van der Waals surface area contributed by atoms with E-state index in [4.69, 9.17) is 9.15 Å². The molecule has 0 radical (unpaired) electrons. The van der Waals surface area contributed by atoms with Gasteiger partial charge in [0.1, 0.15) is 5.58 Å². The minimum Gasteiger partial charge on any atom is -0.465 e. The van der Waals surface area contributed by atoms with Crippen LogP contribution in [-0.2, 0) is 16.0 Å². The van der Waals surface area contributed by atoms with E-state index in [9.17, 15) is 17.7 Å². The first-order valence-electron chi connectivity index (χ1n) is 7.54. The first-order valence-corrected chi connectivity index (χ1v) is 7.54. The molecule has 0 spiro atoms. The van der Waals surface area contributed by atoms with Crippen molar-refractivity contribution in [1.82, 2.24) is 4.90 Å². The van der Waals surface area contributed by atoms with Gasteiger partial charge in [-0.3, -0.25) is 4.90 Å². The van der Waals surface area contributed by atoms with Crippen molar-refractivity contribution in [2.45, 2.75) is 6.54 Å². The number of ether oxygens (including phenoxy) is 2. The number of hydrogen-bond acceptors (Lipinski definition) is 5. The van der Waals surface area contributed by atoms with Gasteiger partial charge < -0.3 is 26.8 Å². The molecule has 9 heteroatoms. The molecule has 0 bridgehead atoms. The first kappa shape index (κ1) is 16.8. The summed E-state index contributed by atoms with van der Waals surface area (Å²) in [6, 6.07) is 3.94. The quantitative estimate of drug-likeness (QED) is 0.629. The molecule has 1 aromatic carbocycles. The van der Waals surface area contributed by atoms with Crippen LogP contribution in [0.25, 0.3) is 11.0 Å². The maximum Gasteiger partial charge on any atom is 0.513 e. The van der Waals surface area contributed by atoms with Gasteiger partial charge in [-0.15, -0.1) is 0 Å². The molecule has 5 nitrogen and oxygen atoms in total.